The minimum absolute atomic E-state index is 0.0717. The molecule has 0 saturated heterocycles. The van der Waals surface area contributed by atoms with Crippen molar-refractivity contribution in [2.45, 2.75) is 52.4 Å². The SMILES string of the molecule is COC(=O)CNC(=O)c1ccc2nc(Nc3ccc(OC(F)(F)F)cc3)n([C@H]3C[C@@H](C)CC(C)(C)C3)c2c1. The lowest BCUT2D eigenvalue weighted by molar-refractivity contribution is -0.274. The van der Waals surface area contributed by atoms with Gasteiger partial charge in [-0.05, 0) is 73.1 Å². The molecule has 1 fully saturated rings. The third-order valence-corrected chi connectivity index (χ3v) is 6.65. The standard InChI is InChI=1S/C27H31F3N4O4/c1-16-11-19(14-26(2,3)13-16)34-22-12-17(24(36)31-15-23(35)37-4)5-10-21(22)33-25(34)32-18-6-8-20(9-7-18)38-27(28,29)30/h5-10,12,16,19H,11,13-15H2,1-4H3,(H,31,36)(H,32,33)/t16-,19+/m1/s1. The summed E-state index contributed by atoms with van der Waals surface area (Å²) in [6.07, 6.45) is -1.90. The van der Waals surface area contributed by atoms with Crippen LogP contribution in [0.1, 0.15) is 56.4 Å². The lowest BCUT2D eigenvalue weighted by atomic mass is 9.70. The number of benzene rings is 2. The maximum absolute atomic E-state index is 12.7. The average Bonchev–Trinajstić information content (AvgIpc) is 3.18. The number of hydrogen-bond donors (Lipinski definition) is 2. The predicted molar refractivity (Wildman–Crippen MR) is 136 cm³/mol. The molecule has 4 rings (SSSR count). The van der Waals surface area contributed by atoms with Gasteiger partial charge in [0, 0.05) is 17.3 Å². The normalized spacial score (nSPS) is 19.1. The number of anilines is 2. The average molecular weight is 533 g/mol. The lowest BCUT2D eigenvalue weighted by Crippen LogP contribution is -2.30. The summed E-state index contributed by atoms with van der Waals surface area (Å²) in [5.41, 5.74) is 2.39. The van der Waals surface area contributed by atoms with E-state index in [4.69, 9.17) is 4.98 Å². The van der Waals surface area contributed by atoms with E-state index in [-0.39, 0.29) is 23.8 Å². The first-order valence-electron chi connectivity index (χ1n) is 12.3. The van der Waals surface area contributed by atoms with Crippen LogP contribution in [0, 0.1) is 11.3 Å². The Morgan fingerprint density at radius 3 is 2.47 bits per heavy atom. The lowest BCUT2D eigenvalue weighted by Gasteiger charge is -2.40. The van der Waals surface area contributed by atoms with Gasteiger partial charge in [-0.3, -0.25) is 9.59 Å². The number of carbonyl (C=O) groups is 2. The first kappa shape index (κ1) is 27.3. The Labute approximate surface area is 218 Å². The molecule has 204 valence electrons. The van der Waals surface area contributed by atoms with E-state index in [9.17, 15) is 22.8 Å². The summed E-state index contributed by atoms with van der Waals surface area (Å²) in [5.74, 6) is -0.314. The van der Waals surface area contributed by atoms with E-state index in [0.717, 1.165) is 24.8 Å². The molecule has 1 aliphatic rings. The van der Waals surface area contributed by atoms with Crippen LogP contribution in [0.15, 0.2) is 42.5 Å². The van der Waals surface area contributed by atoms with Crippen LogP contribution in [0.5, 0.6) is 5.75 Å². The van der Waals surface area contributed by atoms with Crippen LogP contribution in [-0.4, -0.2) is 41.4 Å². The number of carbonyl (C=O) groups excluding carboxylic acids is 2. The number of imidazole rings is 1. The molecule has 0 radical (unpaired) electrons. The Morgan fingerprint density at radius 2 is 1.84 bits per heavy atom. The van der Waals surface area contributed by atoms with Crippen LogP contribution in [0.25, 0.3) is 11.0 Å². The number of ether oxygens (including phenoxy) is 2. The van der Waals surface area contributed by atoms with Crippen LogP contribution in [0.2, 0.25) is 0 Å². The number of amides is 1. The molecular formula is C27H31F3N4O4. The van der Waals surface area contributed by atoms with Gasteiger partial charge in [0.1, 0.15) is 12.3 Å². The molecule has 0 spiro atoms. The van der Waals surface area contributed by atoms with Gasteiger partial charge in [-0.15, -0.1) is 13.2 Å². The molecule has 1 aromatic heterocycles. The summed E-state index contributed by atoms with van der Waals surface area (Å²) >= 11 is 0. The van der Waals surface area contributed by atoms with Gasteiger partial charge >= 0.3 is 12.3 Å². The second-order valence-electron chi connectivity index (χ2n) is 10.5. The molecule has 1 amide bonds. The molecule has 1 heterocycles. The molecule has 2 atom stereocenters. The zero-order chi connectivity index (χ0) is 27.7. The first-order valence-corrected chi connectivity index (χ1v) is 12.3. The first-order chi connectivity index (χ1) is 17.8. The highest BCUT2D eigenvalue weighted by molar-refractivity contribution is 5.99. The highest BCUT2D eigenvalue weighted by Crippen LogP contribution is 2.46. The van der Waals surface area contributed by atoms with Crippen molar-refractivity contribution in [1.29, 1.82) is 0 Å². The monoisotopic (exact) mass is 532 g/mol. The number of methoxy groups -OCH3 is 1. The second-order valence-corrected chi connectivity index (χ2v) is 10.5. The van der Waals surface area contributed by atoms with Crippen LogP contribution in [-0.2, 0) is 9.53 Å². The van der Waals surface area contributed by atoms with Gasteiger partial charge in [0.2, 0.25) is 5.95 Å². The van der Waals surface area contributed by atoms with Crippen molar-refractivity contribution in [1.82, 2.24) is 14.9 Å². The fourth-order valence-corrected chi connectivity index (χ4v) is 5.38. The molecular weight excluding hydrogens is 501 g/mol. The number of hydrogen-bond acceptors (Lipinski definition) is 6. The van der Waals surface area contributed by atoms with E-state index in [1.807, 2.05) is 0 Å². The summed E-state index contributed by atoms with van der Waals surface area (Å²) in [6.45, 7) is 6.42. The molecule has 11 heteroatoms. The number of alkyl halides is 3. The van der Waals surface area contributed by atoms with Gasteiger partial charge in [-0.25, -0.2) is 4.98 Å². The molecule has 1 aliphatic carbocycles. The van der Waals surface area contributed by atoms with Gasteiger partial charge in [0.25, 0.3) is 5.91 Å². The van der Waals surface area contributed by atoms with Crippen molar-refractivity contribution >= 4 is 34.5 Å². The molecule has 0 unspecified atom stereocenters. The quantitative estimate of drug-likeness (QED) is 0.364. The Hall–Kier alpha value is -3.76. The maximum Gasteiger partial charge on any atom is 0.573 e. The molecule has 1 saturated carbocycles. The number of nitrogens with zero attached hydrogens (tertiary/aromatic N) is 2. The van der Waals surface area contributed by atoms with E-state index in [2.05, 4.69) is 45.4 Å². The van der Waals surface area contributed by atoms with Gasteiger partial charge in [0.15, 0.2) is 0 Å². The third-order valence-electron chi connectivity index (χ3n) is 6.65. The molecule has 8 nitrogen and oxygen atoms in total. The predicted octanol–water partition coefficient (Wildman–Crippen LogP) is 5.97. The number of fused-ring (bicyclic) bond motifs is 1. The number of aromatic nitrogens is 2. The minimum atomic E-state index is -4.77. The van der Waals surface area contributed by atoms with Crippen LogP contribution in [0.3, 0.4) is 0 Å². The smallest absolute Gasteiger partial charge is 0.468 e. The number of rotatable bonds is 7. The largest absolute Gasteiger partial charge is 0.573 e. The van der Waals surface area contributed by atoms with Crippen molar-refractivity contribution in [3.05, 3.63) is 48.0 Å². The number of halogens is 3. The van der Waals surface area contributed by atoms with E-state index in [0.29, 0.717) is 28.6 Å². The number of esters is 1. The van der Waals surface area contributed by atoms with Gasteiger partial charge in [0.05, 0.1) is 18.1 Å². The highest BCUT2D eigenvalue weighted by atomic mass is 19.4. The maximum atomic E-state index is 12.7. The molecule has 38 heavy (non-hydrogen) atoms. The zero-order valence-corrected chi connectivity index (χ0v) is 21.7. The van der Waals surface area contributed by atoms with Crippen molar-refractivity contribution in [2.24, 2.45) is 11.3 Å². The topological polar surface area (TPSA) is 94.5 Å². The van der Waals surface area contributed by atoms with Crippen molar-refractivity contribution in [3.63, 3.8) is 0 Å². The Balaban J connectivity index is 1.71. The van der Waals surface area contributed by atoms with Crippen LogP contribution < -0.4 is 15.4 Å². The third kappa shape index (κ3) is 6.56. The zero-order valence-electron chi connectivity index (χ0n) is 21.7. The van der Waals surface area contributed by atoms with Crippen molar-refractivity contribution < 1.29 is 32.2 Å². The summed E-state index contributed by atoms with van der Waals surface area (Å²) in [6, 6.07) is 10.6. The summed E-state index contributed by atoms with van der Waals surface area (Å²) < 4.78 is 48.3. The summed E-state index contributed by atoms with van der Waals surface area (Å²) in [7, 11) is 1.25. The summed E-state index contributed by atoms with van der Waals surface area (Å²) in [5, 5.41) is 5.79. The molecule has 3 aromatic rings. The Kier molecular flexibility index (Phi) is 7.57. The highest BCUT2D eigenvalue weighted by Gasteiger charge is 2.35. The van der Waals surface area contributed by atoms with Crippen LogP contribution >= 0.6 is 0 Å². The second kappa shape index (κ2) is 10.5. The summed E-state index contributed by atoms with van der Waals surface area (Å²) in [4.78, 5) is 28.9. The Morgan fingerprint density at radius 1 is 1.13 bits per heavy atom. The van der Waals surface area contributed by atoms with E-state index in [1.165, 1.54) is 31.4 Å². The van der Waals surface area contributed by atoms with E-state index < -0.39 is 18.2 Å². The number of nitrogens with one attached hydrogen (secondary N) is 2. The molecule has 0 bridgehead atoms. The minimum Gasteiger partial charge on any atom is -0.468 e. The van der Waals surface area contributed by atoms with Crippen molar-refractivity contribution in [2.75, 3.05) is 19.0 Å². The van der Waals surface area contributed by atoms with Gasteiger partial charge < -0.3 is 24.7 Å². The fourth-order valence-electron chi connectivity index (χ4n) is 5.38. The van der Waals surface area contributed by atoms with E-state index >= 15 is 0 Å². The molecule has 2 aromatic carbocycles. The van der Waals surface area contributed by atoms with E-state index in [1.54, 1.807) is 18.2 Å². The van der Waals surface area contributed by atoms with Gasteiger partial charge in [-0.1, -0.05) is 20.8 Å². The molecule has 2 N–H and O–H groups in total. The fraction of sp³-hybridized carbons (Fsp3) is 0.444. The van der Waals surface area contributed by atoms with Gasteiger partial charge in [-0.2, -0.15) is 0 Å². The van der Waals surface area contributed by atoms with Crippen molar-refractivity contribution in [3.8, 4) is 5.75 Å². The molecule has 0 aliphatic heterocycles. The van der Waals surface area contributed by atoms with Crippen LogP contribution in [0.4, 0.5) is 24.8 Å². The Bertz CT molecular complexity index is 1320.